The summed E-state index contributed by atoms with van der Waals surface area (Å²) in [7, 11) is 0. The van der Waals surface area contributed by atoms with Crippen molar-refractivity contribution in [1.82, 2.24) is 9.55 Å². The molecular formula is C48H34N2. The lowest BCUT2D eigenvalue weighted by molar-refractivity contribution is 0.660. The van der Waals surface area contributed by atoms with Gasteiger partial charge in [-0.3, -0.25) is 4.98 Å². The second kappa shape index (κ2) is 10.9. The van der Waals surface area contributed by atoms with Gasteiger partial charge >= 0.3 is 0 Å². The smallest absolute Gasteiger partial charge is 0.0708 e. The third-order valence-electron chi connectivity index (χ3n) is 10.9. The number of hydrogen-bond donors (Lipinski definition) is 0. The molecule has 0 saturated heterocycles. The highest BCUT2D eigenvalue weighted by molar-refractivity contribution is 6.12. The van der Waals surface area contributed by atoms with Crippen LogP contribution in [0.2, 0.25) is 0 Å². The van der Waals surface area contributed by atoms with Crippen LogP contribution < -0.4 is 0 Å². The quantitative estimate of drug-likeness (QED) is 0.188. The van der Waals surface area contributed by atoms with Crippen LogP contribution in [0, 0.1) is 0 Å². The lowest BCUT2D eigenvalue weighted by Gasteiger charge is -2.21. The van der Waals surface area contributed by atoms with E-state index in [2.05, 4.69) is 181 Å². The van der Waals surface area contributed by atoms with Crippen molar-refractivity contribution < 1.29 is 0 Å². The van der Waals surface area contributed by atoms with Gasteiger partial charge in [0.25, 0.3) is 0 Å². The van der Waals surface area contributed by atoms with Crippen molar-refractivity contribution >= 4 is 32.7 Å². The van der Waals surface area contributed by atoms with Crippen LogP contribution in [0.4, 0.5) is 0 Å². The number of para-hydroxylation sites is 2. The molecular weight excluding hydrogens is 605 g/mol. The predicted octanol–water partition coefficient (Wildman–Crippen LogP) is 12.6. The van der Waals surface area contributed by atoms with Gasteiger partial charge in [0.05, 0.1) is 16.6 Å². The standard InChI is InChI=1S/C48H34N2/c1-48(2)43-17-8-6-15-38(43)40-28-32(19-22-44(40)48)34-21-24-47-42(30-34)41-29-33(20-23-46(41)50(47)36-13-4-3-5-14-36)31-11-10-12-35(27-31)37-25-26-49-45-18-9-7-16-39(37)45/h3-30H,1-2H3. The Balaban J connectivity index is 1.15. The van der Waals surface area contributed by atoms with E-state index in [9.17, 15) is 0 Å². The maximum Gasteiger partial charge on any atom is 0.0708 e. The number of pyridine rings is 1. The molecule has 0 unspecified atom stereocenters. The molecule has 7 aromatic carbocycles. The lowest BCUT2D eigenvalue weighted by atomic mass is 9.82. The number of rotatable bonds is 4. The minimum atomic E-state index is -0.00425. The van der Waals surface area contributed by atoms with Crippen LogP contribution in [0.3, 0.4) is 0 Å². The van der Waals surface area contributed by atoms with Gasteiger partial charge in [0.1, 0.15) is 0 Å². The van der Waals surface area contributed by atoms with Gasteiger partial charge in [-0.05, 0) is 116 Å². The van der Waals surface area contributed by atoms with Gasteiger partial charge in [0, 0.05) is 33.5 Å². The fourth-order valence-electron chi connectivity index (χ4n) is 8.35. The number of benzene rings is 7. The molecule has 0 aliphatic heterocycles. The molecule has 2 nitrogen and oxygen atoms in total. The molecule has 9 aromatic rings. The lowest BCUT2D eigenvalue weighted by Crippen LogP contribution is -2.14. The summed E-state index contributed by atoms with van der Waals surface area (Å²) in [4.78, 5) is 4.60. The molecule has 0 radical (unpaired) electrons. The number of aromatic nitrogens is 2. The molecule has 0 N–H and O–H groups in total. The molecule has 0 spiro atoms. The summed E-state index contributed by atoms with van der Waals surface area (Å²) in [6, 6.07) is 60.0. The van der Waals surface area contributed by atoms with E-state index in [1.165, 1.54) is 82.8 Å². The molecule has 0 bridgehead atoms. The van der Waals surface area contributed by atoms with Crippen LogP contribution >= 0.6 is 0 Å². The van der Waals surface area contributed by atoms with E-state index in [-0.39, 0.29) is 5.41 Å². The molecule has 1 aliphatic rings. The highest BCUT2D eigenvalue weighted by atomic mass is 15.0. The molecule has 0 amide bonds. The molecule has 0 saturated carbocycles. The first-order valence-corrected chi connectivity index (χ1v) is 17.4. The first-order valence-electron chi connectivity index (χ1n) is 17.4. The summed E-state index contributed by atoms with van der Waals surface area (Å²) >= 11 is 0. The Labute approximate surface area is 291 Å². The Morgan fingerprint density at radius 2 is 1.04 bits per heavy atom. The summed E-state index contributed by atoms with van der Waals surface area (Å²) < 4.78 is 2.40. The minimum absolute atomic E-state index is 0.00425. The maximum absolute atomic E-state index is 4.60. The van der Waals surface area contributed by atoms with Crippen LogP contribution in [-0.2, 0) is 5.41 Å². The van der Waals surface area contributed by atoms with Crippen LogP contribution in [0.25, 0.3) is 82.9 Å². The predicted molar refractivity (Wildman–Crippen MR) is 210 cm³/mol. The van der Waals surface area contributed by atoms with E-state index in [1.807, 2.05) is 12.3 Å². The highest BCUT2D eigenvalue weighted by Gasteiger charge is 2.35. The largest absolute Gasteiger partial charge is 0.309 e. The van der Waals surface area contributed by atoms with Crippen LogP contribution in [0.1, 0.15) is 25.0 Å². The zero-order valence-electron chi connectivity index (χ0n) is 28.1. The van der Waals surface area contributed by atoms with Gasteiger partial charge in [0.2, 0.25) is 0 Å². The third-order valence-corrected chi connectivity index (χ3v) is 10.9. The Morgan fingerprint density at radius 3 is 1.84 bits per heavy atom. The van der Waals surface area contributed by atoms with Crippen molar-refractivity contribution in [3.63, 3.8) is 0 Å². The van der Waals surface area contributed by atoms with E-state index in [0.717, 1.165) is 11.2 Å². The average Bonchev–Trinajstić information content (AvgIpc) is 3.62. The molecule has 50 heavy (non-hydrogen) atoms. The van der Waals surface area contributed by atoms with E-state index in [4.69, 9.17) is 0 Å². The fourth-order valence-corrected chi connectivity index (χ4v) is 8.35. The zero-order valence-corrected chi connectivity index (χ0v) is 28.1. The average molecular weight is 639 g/mol. The van der Waals surface area contributed by atoms with Gasteiger partial charge in [0.15, 0.2) is 0 Å². The van der Waals surface area contributed by atoms with E-state index in [0.29, 0.717) is 0 Å². The summed E-state index contributed by atoms with van der Waals surface area (Å²) in [6.07, 6.45) is 1.91. The molecule has 10 rings (SSSR count). The number of fused-ring (bicyclic) bond motifs is 7. The second-order valence-corrected chi connectivity index (χ2v) is 14.0. The topological polar surface area (TPSA) is 17.8 Å². The van der Waals surface area contributed by atoms with Crippen molar-refractivity contribution in [3.05, 3.63) is 181 Å². The van der Waals surface area contributed by atoms with Gasteiger partial charge in [-0.1, -0.05) is 117 Å². The van der Waals surface area contributed by atoms with Gasteiger partial charge in [-0.15, -0.1) is 0 Å². The van der Waals surface area contributed by atoms with Crippen molar-refractivity contribution in [1.29, 1.82) is 0 Å². The zero-order chi connectivity index (χ0) is 33.4. The molecule has 0 fully saturated rings. The van der Waals surface area contributed by atoms with Crippen LogP contribution in [0.15, 0.2) is 170 Å². The van der Waals surface area contributed by atoms with Gasteiger partial charge in [-0.25, -0.2) is 0 Å². The van der Waals surface area contributed by atoms with Crippen molar-refractivity contribution in [2.24, 2.45) is 0 Å². The first-order chi connectivity index (χ1) is 24.5. The summed E-state index contributed by atoms with van der Waals surface area (Å²) in [6.45, 7) is 4.68. The highest BCUT2D eigenvalue weighted by Crippen LogP contribution is 2.49. The van der Waals surface area contributed by atoms with Crippen molar-refractivity contribution in [3.8, 4) is 50.2 Å². The Morgan fingerprint density at radius 1 is 0.420 bits per heavy atom. The molecule has 2 heterocycles. The molecule has 2 aromatic heterocycles. The normalized spacial score (nSPS) is 13.2. The first kappa shape index (κ1) is 28.7. The Hall–Kier alpha value is -6.25. The Bertz CT molecular complexity index is 2780. The molecule has 0 atom stereocenters. The molecule has 1 aliphatic carbocycles. The van der Waals surface area contributed by atoms with Crippen LogP contribution in [0.5, 0.6) is 0 Å². The van der Waals surface area contributed by atoms with Gasteiger partial charge in [-0.2, -0.15) is 0 Å². The second-order valence-electron chi connectivity index (χ2n) is 14.0. The van der Waals surface area contributed by atoms with Crippen molar-refractivity contribution in [2.45, 2.75) is 19.3 Å². The Kier molecular flexibility index (Phi) is 6.25. The van der Waals surface area contributed by atoms with E-state index in [1.54, 1.807) is 0 Å². The van der Waals surface area contributed by atoms with Crippen molar-refractivity contribution in [2.75, 3.05) is 0 Å². The molecule has 2 heteroatoms. The SMILES string of the molecule is CC1(C)c2ccccc2-c2cc(-c3ccc4c(c3)c3cc(-c5cccc(-c6ccnc7ccccc67)c5)ccc3n4-c3ccccc3)ccc21. The molecule has 236 valence electrons. The van der Waals surface area contributed by atoms with Gasteiger partial charge < -0.3 is 4.57 Å². The number of nitrogens with zero attached hydrogens (tertiary/aromatic N) is 2. The number of hydrogen-bond acceptors (Lipinski definition) is 1. The maximum atomic E-state index is 4.60. The fraction of sp³-hybridized carbons (Fsp3) is 0.0625. The van der Waals surface area contributed by atoms with E-state index < -0.39 is 0 Å². The monoisotopic (exact) mass is 638 g/mol. The summed E-state index contributed by atoms with van der Waals surface area (Å²) in [5.41, 5.74) is 17.3. The third kappa shape index (κ3) is 4.32. The van der Waals surface area contributed by atoms with Crippen LogP contribution in [-0.4, -0.2) is 9.55 Å². The summed E-state index contributed by atoms with van der Waals surface area (Å²) in [5, 5.41) is 3.66. The summed E-state index contributed by atoms with van der Waals surface area (Å²) in [5.74, 6) is 0. The minimum Gasteiger partial charge on any atom is -0.309 e. The van der Waals surface area contributed by atoms with E-state index >= 15 is 0 Å².